The minimum absolute atomic E-state index is 0.0634. The van der Waals surface area contributed by atoms with Crippen molar-refractivity contribution in [2.75, 3.05) is 7.11 Å². The molecule has 0 saturated heterocycles. The smallest absolute Gasteiger partial charge is 0.348 e. The van der Waals surface area contributed by atoms with Gasteiger partial charge in [0.05, 0.1) is 7.11 Å². The maximum Gasteiger partial charge on any atom is 0.348 e. The molecule has 0 spiro atoms. The molecule has 0 atom stereocenters. The number of ether oxygens (including phenoxy) is 1. The summed E-state index contributed by atoms with van der Waals surface area (Å²) in [7, 11) is 1.21. The van der Waals surface area contributed by atoms with Gasteiger partial charge in [0, 0.05) is 6.07 Å². The Balaban J connectivity index is 2.82. The van der Waals surface area contributed by atoms with Crippen LogP contribution < -0.4 is 11.1 Å². The van der Waals surface area contributed by atoms with Crippen LogP contribution in [0.25, 0.3) is 4.96 Å². The molecular formula is C9H7N3O4S. The monoisotopic (exact) mass is 253 g/mol. The molecule has 7 nitrogen and oxygen atoms in total. The lowest BCUT2D eigenvalue weighted by Gasteiger charge is -2.00. The van der Waals surface area contributed by atoms with E-state index in [1.165, 1.54) is 14.0 Å². The van der Waals surface area contributed by atoms with Crippen molar-refractivity contribution in [1.82, 2.24) is 14.6 Å². The van der Waals surface area contributed by atoms with Crippen molar-refractivity contribution in [2.45, 2.75) is 6.92 Å². The van der Waals surface area contributed by atoms with Crippen LogP contribution in [0.4, 0.5) is 0 Å². The van der Waals surface area contributed by atoms with E-state index in [1.807, 2.05) is 0 Å². The highest BCUT2D eigenvalue weighted by atomic mass is 32.1. The number of fused-ring (bicyclic) bond motifs is 1. The van der Waals surface area contributed by atoms with Gasteiger partial charge in [-0.3, -0.25) is 9.59 Å². The minimum atomic E-state index is -0.649. The zero-order valence-electron chi connectivity index (χ0n) is 8.96. The first-order valence-corrected chi connectivity index (χ1v) is 5.34. The second-order valence-corrected chi connectivity index (χ2v) is 4.15. The highest BCUT2D eigenvalue weighted by molar-refractivity contribution is 7.18. The van der Waals surface area contributed by atoms with Gasteiger partial charge in [0.15, 0.2) is 0 Å². The predicted octanol–water partition coefficient (Wildman–Crippen LogP) is -0.394. The first-order chi connectivity index (χ1) is 8.02. The average molecular weight is 253 g/mol. The fourth-order valence-corrected chi connectivity index (χ4v) is 2.03. The number of carbonyl (C=O) groups excluding carboxylic acids is 1. The van der Waals surface area contributed by atoms with E-state index in [-0.39, 0.29) is 15.5 Å². The van der Waals surface area contributed by atoms with E-state index in [9.17, 15) is 14.4 Å². The zero-order valence-corrected chi connectivity index (χ0v) is 9.78. The molecule has 0 aliphatic rings. The molecule has 0 unspecified atom stereocenters. The van der Waals surface area contributed by atoms with Gasteiger partial charge in [0.2, 0.25) is 4.96 Å². The minimum Gasteiger partial charge on any atom is -0.465 e. The Morgan fingerprint density at radius 2 is 2.18 bits per heavy atom. The van der Waals surface area contributed by atoms with Crippen molar-refractivity contribution >= 4 is 22.3 Å². The fourth-order valence-electron chi connectivity index (χ4n) is 1.16. The van der Waals surface area contributed by atoms with Crippen LogP contribution in [0.5, 0.6) is 0 Å². The lowest BCUT2D eigenvalue weighted by Crippen LogP contribution is -2.24. The Hall–Kier alpha value is -2.09. The number of carbonyl (C=O) groups is 1. The van der Waals surface area contributed by atoms with Gasteiger partial charge in [0.1, 0.15) is 10.6 Å². The first kappa shape index (κ1) is 11.4. The van der Waals surface area contributed by atoms with Gasteiger partial charge in [-0.1, -0.05) is 11.3 Å². The van der Waals surface area contributed by atoms with Crippen molar-refractivity contribution in [3.63, 3.8) is 0 Å². The molecule has 0 aromatic carbocycles. The summed E-state index contributed by atoms with van der Waals surface area (Å²) in [6, 6.07) is 1.10. The molecule has 0 saturated carbocycles. The fraction of sp³-hybridized carbons (Fsp3) is 0.222. The molecular weight excluding hydrogens is 246 g/mol. The summed E-state index contributed by atoms with van der Waals surface area (Å²) >= 11 is 0.871. The first-order valence-electron chi connectivity index (χ1n) is 4.53. The van der Waals surface area contributed by atoms with Crippen LogP contribution in [-0.4, -0.2) is 27.7 Å². The van der Waals surface area contributed by atoms with Crippen LogP contribution in [-0.2, 0) is 4.74 Å². The summed E-state index contributed by atoms with van der Waals surface area (Å²) in [4.78, 5) is 38.0. The van der Waals surface area contributed by atoms with Crippen molar-refractivity contribution in [3.8, 4) is 0 Å². The molecule has 2 rings (SSSR count). The van der Waals surface area contributed by atoms with E-state index < -0.39 is 17.1 Å². The summed E-state index contributed by atoms with van der Waals surface area (Å²) in [6.07, 6.45) is 0. The number of nitrogens with zero attached hydrogens (tertiary/aromatic N) is 3. The van der Waals surface area contributed by atoms with Gasteiger partial charge < -0.3 is 4.74 Å². The Morgan fingerprint density at radius 1 is 1.47 bits per heavy atom. The van der Waals surface area contributed by atoms with Crippen LogP contribution in [0.3, 0.4) is 0 Å². The number of esters is 1. The molecule has 0 aliphatic carbocycles. The molecule has 0 aliphatic heterocycles. The van der Waals surface area contributed by atoms with Gasteiger partial charge in [-0.05, 0) is 6.92 Å². The zero-order chi connectivity index (χ0) is 12.6. The van der Waals surface area contributed by atoms with Gasteiger partial charge in [-0.2, -0.15) is 14.6 Å². The SMILES string of the molecule is COC(=O)c1cc(=O)n2nc(C)c(=O)nc2s1. The molecule has 0 radical (unpaired) electrons. The van der Waals surface area contributed by atoms with E-state index in [0.29, 0.717) is 0 Å². The number of aryl methyl sites for hydroxylation is 1. The quantitative estimate of drug-likeness (QED) is 0.643. The number of rotatable bonds is 1. The second-order valence-electron chi connectivity index (χ2n) is 3.14. The molecule has 2 aromatic rings. The third-order valence-electron chi connectivity index (χ3n) is 1.99. The topological polar surface area (TPSA) is 90.6 Å². The van der Waals surface area contributed by atoms with Crippen LogP contribution in [0.15, 0.2) is 15.7 Å². The molecule has 88 valence electrons. The standard InChI is InChI=1S/C9H7N3O4S/c1-4-7(14)10-9-12(11-4)6(13)3-5(17-9)8(15)16-2/h3H,1-2H3. The van der Waals surface area contributed by atoms with Crippen LogP contribution in [0, 0.1) is 6.92 Å². The van der Waals surface area contributed by atoms with Crippen molar-refractivity contribution < 1.29 is 9.53 Å². The van der Waals surface area contributed by atoms with Gasteiger partial charge in [0.25, 0.3) is 11.1 Å². The number of methoxy groups -OCH3 is 1. The summed E-state index contributed by atoms with van der Waals surface area (Å²) in [5.41, 5.74) is -0.935. The summed E-state index contributed by atoms with van der Waals surface area (Å²) in [5, 5.41) is 3.79. The highest BCUT2D eigenvalue weighted by Crippen LogP contribution is 2.09. The van der Waals surface area contributed by atoms with Crippen LogP contribution in [0.1, 0.15) is 15.4 Å². The van der Waals surface area contributed by atoms with Crippen LogP contribution in [0.2, 0.25) is 0 Å². The number of aromatic nitrogens is 3. The Morgan fingerprint density at radius 3 is 2.82 bits per heavy atom. The maximum atomic E-state index is 11.6. The van der Waals surface area contributed by atoms with Gasteiger partial charge in [-0.15, -0.1) is 0 Å². The molecule has 8 heteroatoms. The summed E-state index contributed by atoms with van der Waals surface area (Å²) < 4.78 is 5.47. The molecule has 17 heavy (non-hydrogen) atoms. The van der Waals surface area contributed by atoms with E-state index in [1.54, 1.807) is 0 Å². The normalized spacial score (nSPS) is 10.5. The molecule has 0 bridgehead atoms. The van der Waals surface area contributed by atoms with E-state index in [4.69, 9.17) is 0 Å². The Kier molecular flexibility index (Phi) is 2.72. The van der Waals surface area contributed by atoms with Gasteiger partial charge >= 0.3 is 5.97 Å². The molecule has 0 fully saturated rings. The average Bonchev–Trinajstić information content (AvgIpc) is 2.30. The van der Waals surface area contributed by atoms with E-state index in [2.05, 4.69) is 14.8 Å². The second kappa shape index (κ2) is 4.06. The van der Waals surface area contributed by atoms with Gasteiger partial charge in [-0.25, -0.2) is 4.79 Å². The predicted molar refractivity (Wildman–Crippen MR) is 59.5 cm³/mol. The largest absolute Gasteiger partial charge is 0.465 e. The van der Waals surface area contributed by atoms with Crippen LogP contribution >= 0.6 is 11.3 Å². The van der Waals surface area contributed by atoms with Crippen molar-refractivity contribution in [3.05, 3.63) is 37.3 Å². The van der Waals surface area contributed by atoms with E-state index >= 15 is 0 Å². The summed E-state index contributed by atoms with van der Waals surface area (Å²) in [5.74, 6) is -0.649. The maximum absolute atomic E-state index is 11.6. The Bertz CT molecular complexity index is 718. The summed E-state index contributed by atoms with van der Waals surface area (Å²) in [6.45, 7) is 1.46. The lowest BCUT2D eigenvalue weighted by atomic mass is 10.5. The Labute approximate surface area is 98.3 Å². The third kappa shape index (κ3) is 1.94. The number of hydrogen-bond acceptors (Lipinski definition) is 7. The third-order valence-corrected chi connectivity index (χ3v) is 2.94. The van der Waals surface area contributed by atoms with Crippen molar-refractivity contribution in [2.24, 2.45) is 0 Å². The molecule has 0 amide bonds. The molecule has 0 N–H and O–H groups in total. The number of hydrogen-bond donors (Lipinski definition) is 0. The highest BCUT2D eigenvalue weighted by Gasteiger charge is 2.12. The van der Waals surface area contributed by atoms with E-state index in [0.717, 1.165) is 21.9 Å². The van der Waals surface area contributed by atoms with Crippen molar-refractivity contribution in [1.29, 1.82) is 0 Å². The lowest BCUT2D eigenvalue weighted by molar-refractivity contribution is 0.0606. The molecule has 2 aromatic heterocycles. The molecule has 2 heterocycles.